The molecule has 1 heterocycles. The number of carbonyl (C=O) groups is 1. The van der Waals surface area contributed by atoms with E-state index in [2.05, 4.69) is 5.32 Å². The second kappa shape index (κ2) is 5.90. The summed E-state index contributed by atoms with van der Waals surface area (Å²) in [6.07, 6.45) is 3.80. The van der Waals surface area contributed by atoms with E-state index < -0.39 is 0 Å². The Morgan fingerprint density at radius 3 is 2.95 bits per heavy atom. The van der Waals surface area contributed by atoms with Gasteiger partial charge in [-0.3, -0.25) is 4.79 Å². The molecule has 4 heteroatoms. The lowest BCUT2D eigenvalue weighted by molar-refractivity contribution is -0.126. The van der Waals surface area contributed by atoms with E-state index in [0.29, 0.717) is 0 Å². The molecular formula is C17H22N2O2. The molecule has 3 N–H and O–H groups in total. The zero-order valence-electron chi connectivity index (χ0n) is 12.3. The van der Waals surface area contributed by atoms with Gasteiger partial charge in [-0.1, -0.05) is 24.6 Å². The van der Waals surface area contributed by atoms with Gasteiger partial charge >= 0.3 is 0 Å². The lowest BCUT2D eigenvalue weighted by Crippen LogP contribution is -2.38. The Bertz CT molecular complexity index is 602. The van der Waals surface area contributed by atoms with Crippen molar-refractivity contribution in [2.75, 3.05) is 0 Å². The van der Waals surface area contributed by atoms with Crippen molar-refractivity contribution >= 4 is 16.9 Å². The van der Waals surface area contributed by atoms with Gasteiger partial charge in [-0.15, -0.1) is 0 Å². The highest BCUT2D eigenvalue weighted by atomic mass is 16.3. The molecule has 2 aromatic rings. The molecule has 1 fully saturated rings. The fourth-order valence-corrected chi connectivity index (χ4v) is 3.08. The van der Waals surface area contributed by atoms with Crippen LogP contribution in [-0.2, 0) is 4.79 Å². The topological polar surface area (TPSA) is 68.3 Å². The second-order valence-corrected chi connectivity index (χ2v) is 6.04. The lowest BCUT2D eigenvalue weighted by Gasteiger charge is -2.26. The molecule has 0 bridgehead atoms. The van der Waals surface area contributed by atoms with E-state index in [9.17, 15) is 4.79 Å². The van der Waals surface area contributed by atoms with Gasteiger partial charge in [-0.05, 0) is 38.3 Å². The van der Waals surface area contributed by atoms with Gasteiger partial charge in [0.1, 0.15) is 11.3 Å². The molecule has 1 saturated carbocycles. The van der Waals surface area contributed by atoms with Crippen LogP contribution in [-0.4, -0.2) is 11.9 Å². The molecule has 1 amide bonds. The molecule has 0 radical (unpaired) electrons. The third-order valence-electron chi connectivity index (χ3n) is 4.32. The summed E-state index contributed by atoms with van der Waals surface area (Å²) in [6, 6.07) is 9.91. The standard InChI is InChI=1S/C17H22N2O2/c1-11(16-10-12-5-2-3-8-15(12)21-16)19-17(20)13-6-4-7-14(18)9-13/h2-3,5,8,10-11,13-14H,4,6-7,9,18H2,1H3,(H,19,20). The van der Waals surface area contributed by atoms with Crippen LogP contribution < -0.4 is 11.1 Å². The van der Waals surface area contributed by atoms with Gasteiger partial charge < -0.3 is 15.5 Å². The van der Waals surface area contributed by atoms with Crippen LogP contribution >= 0.6 is 0 Å². The van der Waals surface area contributed by atoms with Gasteiger partial charge in [0.2, 0.25) is 5.91 Å². The number of fused-ring (bicyclic) bond motifs is 1. The number of hydrogen-bond donors (Lipinski definition) is 2. The van der Waals surface area contributed by atoms with Crippen LogP contribution in [0.2, 0.25) is 0 Å². The fourth-order valence-electron chi connectivity index (χ4n) is 3.08. The number of rotatable bonds is 3. The minimum absolute atomic E-state index is 0.0422. The van der Waals surface area contributed by atoms with Crippen molar-refractivity contribution in [2.24, 2.45) is 11.7 Å². The zero-order valence-corrected chi connectivity index (χ0v) is 12.3. The van der Waals surface area contributed by atoms with Gasteiger partial charge in [-0.25, -0.2) is 0 Å². The van der Waals surface area contributed by atoms with E-state index in [4.69, 9.17) is 10.2 Å². The zero-order chi connectivity index (χ0) is 14.8. The molecule has 0 saturated heterocycles. The van der Waals surface area contributed by atoms with Crippen molar-refractivity contribution in [1.29, 1.82) is 0 Å². The van der Waals surface area contributed by atoms with Crippen molar-refractivity contribution in [2.45, 2.75) is 44.7 Å². The Hall–Kier alpha value is -1.81. The van der Waals surface area contributed by atoms with Gasteiger partial charge in [0.25, 0.3) is 0 Å². The van der Waals surface area contributed by atoms with Gasteiger partial charge in [-0.2, -0.15) is 0 Å². The number of nitrogens with two attached hydrogens (primary N) is 1. The van der Waals surface area contributed by atoms with Gasteiger partial charge in [0.15, 0.2) is 0 Å². The molecule has 3 atom stereocenters. The minimum Gasteiger partial charge on any atom is -0.459 e. The summed E-state index contributed by atoms with van der Waals surface area (Å²) < 4.78 is 5.80. The molecule has 3 rings (SSSR count). The Morgan fingerprint density at radius 2 is 2.19 bits per heavy atom. The number of hydrogen-bond acceptors (Lipinski definition) is 3. The monoisotopic (exact) mass is 286 g/mol. The molecule has 1 aromatic heterocycles. The molecule has 0 aliphatic heterocycles. The van der Waals surface area contributed by atoms with Crippen molar-refractivity contribution in [1.82, 2.24) is 5.32 Å². The lowest BCUT2D eigenvalue weighted by atomic mass is 9.85. The second-order valence-electron chi connectivity index (χ2n) is 6.04. The third-order valence-corrected chi connectivity index (χ3v) is 4.32. The van der Waals surface area contributed by atoms with E-state index in [0.717, 1.165) is 42.4 Å². The summed E-state index contributed by atoms with van der Waals surface area (Å²) in [5.41, 5.74) is 6.81. The van der Waals surface area contributed by atoms with Crippen LogP contribution in [0, 0.1) is 5.92 Å². The highest BCUT2D eigenvalue weighted by Crippen LogP contribution is 2.26. The van der Waals surface area contributed by atoms with Crippen molar-refractivity contribution in [3.63, 3.8) is 0 Å². The molecule has 1 aliphatic rings. The largest absolute Gasteiger partial charge is 0.459 e. The summed E-state index contributed by atoms with van der Waals surface area (Å²) in [4.78, 5) is 12.3. The fraction of sp³-hybridized carbons (Fsp3) is 0.471. The van der Waals surface area contributed by atoms with Crippen LogP contribution in [0.5, 0.6) is 0 Å². The van der Waals surface area contributed by atoms with E-state index in [1.54, 1.807) is 0 Å². The smallest absolute Gasteiger partial charge is 0.223 e. The first-order valence-electron chi connectivity index (χ1n) is 7.68. The summed E-state index contributed by atoms with van der Waals surface area (Å²) in [5.74, 6) is 0.934. The maximum Gasteiger partial charge on any atom is 0.223 e. The van der Waals surface area contributed by atoms with Crippen LogP contribution in [0.25, 0.3) is 11.0 Å². The average Bonchev–Trinajstić information content (AvgIpc) is 2.91. The van der Waals surface area contributed by atoms with Crippen molar-refractivity contribution < 1.29 is 9.21 Å². The molecule has 4 nitrogen and oxygen atoms in total. The molecule has 0 spiro atoms. The van der Waals surface area contributed by atoms with Crippen LogP contribution in [0.15, 0.2) is 34.7 Å². The molecule has 1 aliphatic carbocycles. The number of nitrogens with one attached hydrogen (secondary N) is 1. The first kappa shape index (κ1) is 14.1. The Kier molecular flexibility index (Phi) is 3.97. The molecule has 112 valence electrons. The molecule has 3 unspecified atom stereocenters. The summed E-state index contributed by atoms with van der Waals surface area (Å²) in [6.45, 7) is 1.96. The minimum atomic E-state index is -0.122. The van der Waals surface area contributed by atoms with E-state index >= 15 is 0 Å². The maximum absolute atomic E-state index is 12.3. The van der Waals surface area contributed by atoms with E-state index in [1.165, 1.54) is 0 Å². The number of benzene rings is 1. The summed E-state index contributed by atoms with van der Waals surface area (Å²) >= 11 is 0. The SMILES string of the molecule is CC(NC(=O)C1CCCC(N)C1)c1cc2ccccc2o1. The Morgan fingerprint density at radius 1 is 1.38 bits per heavy atom. The number of furan rings is 1. The predicted molar refractivity (Wildman–Crippen MR) is 82.7 cm³/mol. The molecule has 1 aromatic carbocycles. The van der Waals surface area contributed by atoms with Crippen LogP contribution in [0.3, 0.4) is 0 Å². The Balaban J connectivity index is 1.67. The average molecular weight is 286 g/mol. The number of para-hydroxylation sites is 1. The summed E-state index contributed by atoms with van der Waals surface area (Å²) in [7, 11) is 0. The van der Waals surface area contributed by atoms with Crippen molar-refractivity contribution in [3.8, 4) is 0 Å². The van der Waals surface area contributed by atoms with Gasteiger partial charge in [0, 0.05) is 17.3 Å². The normalized spacial score (nSPS) is 23.9. The molecular weight excluding hydrogens is 264 g/mol. The summed E-state index contributed by atoms with van der Waals surface area (Å²) in [5, 5.41) is 4.12. The van der Waals surface area contributed by atoms with E-state index in [-0.39, 0.29) is 23.9 Å². The molecule has 21 heavy (non-hydrogen) atoms. The van der Waals surface area contributed by atoms with E-state index in [1.807, 2.05) is 37.3 Å². The van der Waals surface area contributed by atoms with Crippen LogP contribution in [0.1, 0.15) is 44.4 Å². The third kappa shape index (κ3) is 3.10. The first-order chi connectivity index (χ1) is 10.1. The highest BCUT2D eigenvalue weighted by molar-refractivity contribution is 5.80. The maximum atomic E-state index is 12.3. The van der Waals surface area contributed by atoms with Crippen molar-refractivity contribution in [3.05, 3.63) is 36.1 Å². The first-order valence-corrected chi connectivity index (χ1v) is 7.68. The Labute approximate surface area is 124 Å². The van der Waals surface area contributed by atoms with Crippen LogP contribution in [0.4, 0.5) is 0 Å². The quantitative estimate of drug-likeness (QED) is 0.911. The van der Waals surface area contributed by atoms with Gasteiger partial charge in [0.05, 0.1) is 6.04 Å². The number of carbonyl (C=O) groups excluding carboxylic acids is 1. The highest BCUT2D eigenvalue weighted by Gasteiger charge is 2.26. The predicted octanol–water partition coefficient (Wildman–Crippen LogP) is 3.13. The number of amides is 1.